The maximum absolute atomic E-state index is 10.4. The van der Waals surface area contributed by atoms with Gasteiger partial charge in [-0.1, -0.05) is 19.8 Å². The van der Waals surface area contributed by atoms with Crippen molar-refractivity contribution in [2.24, 2.45) is 0 Å². The molecule has 0 aliphatic heterocycles. The average molecular weight is 299 g/mol. The van der Waals surface area contributed by atoms with Gasteiger partial charge in [0.2, 0.25) is 0 Å². The predicted octanol–water partition coefficient (Wildman–Crippen LogP) is -0.141. The first-order valence-electron chi connectivity index (χ1n) is 5.36. The normalized spacial score (nSPS) is 12.3. The number of aliphatic hydroxyl groups is 1. The summed E-state index contributed by atoms with van der Waals surface area (Å²) in [7, 11) is 0. The summed E-state index contributed by atoms with van der Waals surface area (Å²) in [6.45, 7) is 0.386. The molecule has 0 fully saturated rings. The van der Waals surface area contributed by atoms with E-state index in [9.17, 15) is 35.4 Å². The van der Waals surface area contributed by atoms with Crippen molar-refractivity contribution in [3.8, 4) is 0 Å². The van der Waals surface area contributed by atoms with Gasteiger partial charge in [0.25, 0.3) is 15.3 Å². The molecule has 0 aliphatic carbocycles. The van der Waals surface area contributed by atoms with Crippen LogP contribution in [0.1, 0.15) is 26.2 Å². The molecule has 13 nitrogen and oxygen atoms in total. The molecule has 0 heterocycles. The van der Waals surface area contributed by atoms with Crippen LogP contribution in [0.4, 0.5) is 0 Å². The minimum Gasteiger partial charge on any atom is -0.388 e. The third-order valence-electron chi connectivity index (χ3n) is 2.17. The second-order valence-corrected chi connectivity index (χ2v) is 3.60. The lowest BCUT2D eigenvalue weighted by Crippen LogP contribution is -2.54. The molecule has 20 heavy (non-hydrogen) atoms. The van der Waals surface area contributed by atoms with Gasteiger partial charge in [-0.05, 0) is 6.42 Å². The van der Waals surface area contributed by atoms with Crippen LogP contribution in [-0.4, -0.2) is 38.9 Å². The van der Waals surface area contributed by atoms with Gasteiger partial charge in [0.15, 0.2) is 6.61 Å². The zero-order valence-corrected chi connectivity index (χ0v) is 10.4. The van der Waals surface area contributed by atoms with Crippen LogP contribution in [0.15, 0.2) is 0 Å². The van der Waals surface area contributed by atoms with Gasteiger partial charge in [-0.25, -0.2) is 0 Å². The van der Waals surface area contributed by atoms with E-state index in [0.29, 0.717) is 12.8 Å². The second kappa shape index (κ2) is 7.88. The van der Waals surface area contributed by atoms with Crippen molar-refractivity contribution in [2.75, 3.05) is 6.61 Å². The number of aliphatic hydroxyl groups excluding tert-OH is 1. The van der Waals surface area contributed by atoms with Crippen LogP contribution in [0.25, 0.3) is 0 Å². The quantitative estimate of drug-likeness (QED) is 0.306. The molecule has 0 rings (SSSR count). The minimum absolute atomic E-state index is 0.181. The van der Waals surface area contributed by atoms with Gasteiger partial charge in [0.1, 0.15) is 6.10 Å². The Morgan fingerprint density at radius 3 is 1.95 bits per heavy atom. The number of nitrogens with zero attached hydrogens (tertiary/aromatic N) is 3. The molecule has 13 heteroatoms. The van der Waals surface area contributed by atoms with Crippen molar-refractivity contribution in [1.29, 1.82) is 0 Å². The fourth-order valence-corrected chi connectivity index (χ4v) is 1.30. The van der Waals surface area contributed by atoms with E-state index in [1.54, 1.807) is 6.92 Å². The molecule has 0 aromatic heterocycles. The van der Waals surface area contributed by atoms with E-state index in [0.717, 1.165) is 0 Å². The molecular formula is C7H13N3O10. The van der Waals surface area contributed by atoms with Crippen LogP contribution in [0.2, 0.25) is 0 Å². The fourth-order valence-electron chi connectivity index (χ4n) is 1.30. The summed E-state index contributed by atoms with van der Waals surface area (Å²) in [5.74, 6) is -2.92. The van der Waals surface area contributed by atoms with Crippen LogP contribution < -0.4 is 0 Å². The minimum atomic E-state index is -2.92. The monoisotopic (exact) mass is 299 g/mol. The fraction of sp³-hybridized carbons (Fsp3) is 1.00. The number of rotatable bonds is 11. The van der Waals surface area contributed by atoms with Crippen LogP contribution >= 0.6 is 0 Å². The molecule has 0 spiro atoms. The zero-order valence-electron chi connectivity index (χ0n) is 10.4. The molecule has 0 aliphatic rings. The molecule has 0 saturated heterocycles. The Morgan fingerprint density at radius 1 is 1.10 bits per heavy atom. The van der Waals surface area contributed by atoms with Gasteiger partial charge in [0.05, 0.1) is 0 Å². The van der Waals surface area contributed by atoms with E-state index < -0.39 is 33.8 Å². The topological polar surface area (TPSA) is 177 Å². The van der Waals surface area contributed by atoms with E-state index in [-0.39, 0.29) is 6.42 Å². The average Bonchev–Trinajstić information content (AvgIpc) is 2.31. The first-order chi connectivity index (χ1) is 9.23. The third-order valence-corrected chi connectivity index (χ3v) is 2.17. The highest BCUT2D eigenvalue weighted by molar-refractivity contribution is 4.76. The summed E-state index contributed by atoms with van der Waals surface area (Å²) in [4.78, 5) is 42.5. The van der Waals surface area contributed by atoms with E-state index in [1.165, 1.54) is 0 Å². The van der Waals surface area contributed by atoms with E-state index >= 15 is 0 Å². The molecule has 1 atom stereocenters. The largest absolute Gasteiger partial charge is 0.388 e. The van der Waals surface area contributed by atoms with Crippen molar-refractivity contribution in [1.82, 2.24) is 0 Å². The lowest BCUT2D eigenvalue weighted by molar-refractivity contribution is -0.886. The van der Waals surface area contributed by atoms with Crippen LogP contribution in [0.5, 0.6) is 0 Å². The van der Waals surface area contributed by atoms with Gasteiger partial charge in [-0.3, -0.25) is 9.68 Å². The molecule has 0 aromatic carbocycles. The van der Waals surface area contributed by atoms with Gasteiger partial charge in [-0.2, -0.15) is 0 Å². The number of hydrogen-bond acceptors (Lipinski definition) is 10. The number of unbranched alkanes of at least 4 members (excludes halogenated alkanes) is 1. The molecule has 116 valence electrons. The summed E-state index contributed by atoms with van der Waals surface area (Å²) < 4.78 is 0. The third kappa shape index (κ3) is 5.94. The highest BCUT2D eigenvalue weighted by atomic mass is 17.1. The Hall–Kier alpha value is -2.44. The second-order valence-electron chi connectivity index (χ2n) is 3.60. The smallest absolute Gasteiger partial charge is 0.312 e. The van der Waals surface area contributed by atoms with Gasteiger partial charge >= 0.3 is 5.79 Å². The first kappa shape index (κ1) is 17.6. The molecular weight excluding hydrogens is 286 g/mol. The van der Waals surface area contributed by atoms with Crippen molar-refractivity contribution >= 4 is 0 Å². The van der Waals surface area contributed by atoms with Crippen LogP contribution in [0.3, 0.4) is 0 Å². The lowest BCUT2D eigenvalue weighted by Gasteiger charge is -2.31. The standard InChI is InChI=1S/C7H13N3O10/c1-2-3-4-6(11)7(19-9(14)15,20-10(16)17)5-18-8(12)13/h6,11H,2-5H2,1H3. The predicted molar refractivity (Wildman–Crippen MR) is 57.4 cm³/mol. The van der Waals surface area contributed by atoms with Gasteiger partial charge in [0, 0.05) is 0 Å². The Morgan fingerprint density at radius 2 is 1.60 bits per heavy atom. The summed E-state index contributed by atoms with van der Waals surface area (Å²) in [6, 6.07) is 0. The van der Waals surface area contributed by atoms with Crippen molar-refractivity contribution in [2.45, 2.75) is 38.1 Å². The summed E-state index contributed by atoms with van der Waals surface area (Å²) in [5.41, 5.74) is 0. The Bertz CT molecular complexity index is 345. The highest BCUT2D eigenvalue weighted by Crippen LogP contribution is 2.24. The van der Waals surface area contributed by atoms with Gasteiger partial charge in [-0.15, -0.1) is 30.3 Å². The lowest BCUT2D eigenvalue weighted by atomic mass is 10.0. The van der Waals surface area contributed by atoms with Crippen molar-refractivity contribution in [3.05, 3.63) is 30.3 Å². The van der Waals surface area contributed by atoms with Crippen molar-refractivity contribution in [3.63, 3.8) is 0 Å². The molecule has 1 unspecified atom stereocenters. The maximum Gasteiger partial charge on any atom is 0.312 e. The number of hydrogen-bond donors (Lipinski definition) is 1. The summed E-state index contributed by atoms with van der Waals surface area (Å²) in [5, 5.41) is 36.3. The Balaban J connectivity index is 5.20. The summed E-state index contributed by atoms with van der Waals surface area (Å²) in [6.07, 6.45) is -1.18. The molecule has 0 aromatic rings. The molecule has 1 N–H and O–H groups in total. The van der Waals surface area contributed by atoms with E-state index in [2.05, 4.69) is 14.5 Å². The van der Waals surface area contributed by atoms with Gasteiger partial charge < -0.3 is 9.94 Å². The molecule has 0 amide bonds. The van der Waals surface area contributed by atoms with Crippen LogP contribution in [0, 0.1) is 30.3 Å². The Kier molecular flexibility index (Phi) is 6.92. The highest BCUT2D eigenvalue weighted by Gasteiger charge is 2.47. The SMILES string of the molecule is CCCCC(O)C(CO[N+](=O)[O-])(O[N+](=O)[O-])O[N+](=O)[O-]. The zero-order chi connectivity index (χ0) is 15.8. The maximum atomic E-state index is 10.4. The van der Waals surface area contributed by atoms with E-state index in [4.69, 9.17) is 0 Å². The Labute approximate surface area is 111 Å². The van der Waals surface area contributed by atoms with Crippen molar-refractivity contribution < 1.29 is 34.9 Å². The molecule has 0 bridgehead atoms. The van der Waals surface area contributed by atoms with E-state index in [1.807, 2.05) is 0 Å². The first-order valence-corrected chi connectivity index (χ1v) is 5.36. The summed E-state index contributed by atoms with van der Waals surface area (Å²) >= 11 is 0. The van der Waals surface area contributed by atoms with Crippen LogP contribution in [-0.2, 0) is 14.5 Å². The molecule has 0 saturated carbocycles. The molecule has 0 radical (unpaired) electrons.